The number of aliphatic hydroxyl groups is 1. The van der Waals surface area contributed by atoms with Gasteiger partial charge in [-0.3, -0.25) is 4.72 Å². The maximum absolute atomic E-state index is 12.4. The number of alkyl halides is 3. The lowest BCUT2D eigenvalue weighted by molar-refractivity contribution is -0.137. The Kier molecular flexibility index (Phi) is 3.97. The highest BCUT2D eigenvalue weighted by molar-refractivity contribution is 7.92. The second kappa shape index (κ2) is 5.41. The van der Waals surface area contributed by atoms with Crippen molar-refractivity contribution < 1.29 is 31.1 Å². The Hall–Kier alpha value is -2.00. The van der Waals surface area contributed by atoms with E-state index in [1.54, 1.807) is 0 Å². The minimum Gasteiger partial charge on any atom is -0.445 e. The van der Waals surface area contributed by atoms with Crippen LogP contribution in [0.3, 0.4) is 0 Å². The van der Waals surface area contributed by atoms with Crippen LogP contribution in [0.1, 0.15) is 11.3 Å². The molecule has 0 aliphatic rings. The Labute approximate surface area is 118 Å². The summed E-state index contributed by atoms with van der Waals surface area (Å²) < 4.78 is 67.9. The van der Waals surface area contributed by atoms with E-state index in [9.17, 15) is 21.6 Å². The molecule has 0 unspecified atom stereocenters. The molecule has 9 heteroatoms. The number of benzene rings is 1. The fourth-order valence-electron chi connectivity index (χ4n) is 1.52. The number of anilines is 1. The largest absolute Gasteiger partial charge is 0.445 e. The Bertz CT molecular complexity index is 720. The van der Waals surface area contributed by atoms with E-state index in [0.29, 0.717) is 0 Å². The molecule has 0 fully saturated rings. The van der Waals surface area contributed by atoms with Gasteiger partial charge in [0.15, 0.2) is 0 Å². The molecule has 0 bridgehead atoms. The van der Waals surface area contributed by atoms with Crippen molar-refractivity contribution in [1.29, 1.82) is 0 Å². The number of sulfonamides is 1. The summed E-state index contributed by atoms with van der Waals surface area (Å²) in [6, 6.07) is 5.93. The van der Waals surface area contributed by atoms with Gasteiger partial charge in [-0.05, 0) is 36.4 Å². The molecule has 114 valence electrons. The van der Waals surface area contributed by atoms with Gasteiger partial charge in [0.05, 0.1) is 5.56 Å². The number of aliphatic hydroxyl groups excluding tert-OH is 1. The van der Waals surface area contributed by atoms with E-state index < -0.39 is 33.5 Å². The molecule has 0 spiro atoms. The van der Waals surface area contributed by atoms with Gasteiger partial charge in [0.2, 0.25) is 5.09 Å². The highest BCUT2D eigenvalue weighted by Gasteiger charge is 2.30. The number of rotatable bonds is 4. The molecule has 0 aliphatic carbocycles. The lowest BCUT2D eigenvalue weighted by atomic mass is 10.2. The summed E-state index contributed by atoms with van der Waals surface area (Å²) in [7, 11) is -4.06. The summed E-state index contributed by atoms with van der Waals surface area (Å²) in [5.74, 6) is 0.0581. The summed E-state index contributed by atoms with van der Waals surface area (Å²) in [6.45, 7) is -0.463. The van der Waals surface area contributed by atoms with Crippen LogP contribution in [-0.4, -0.2) is 13.5 Å². The number of hydrogen-bond acceptors (Lipinski definition) is 4. The molecule has 0 aliphatic heterocycles. The molecule has 5 nitrogen and oxygen atoms in total. The zero-order chi connectivity index (χ0) is 15.7. The smallest absolute Gasteiger partial charge is 0.416 e. The molecule has 0 saturated carbocycles. The minimum absolute atomic E-state index is 0.0371. The van der Waals surface area contributed by atoms with Crippen LogP contribution in [0.4, 0.5) is 18.9 Å². The van der Waals surface area contributed by atoms with Gasteiger partial charge in [-0.1, -0.05) is 0 Å². The average molecular weight is 321 g/mol. The molecule has 1 aromatic carbocycles. The van der Waals surface area contributed by atoms with E-state index in [2.05, 4.69) is 4.72 Å². The van der Waals surface area contributed by atoms with Crippen molar-refractivity contribution in [3.05, 3.63) is 47.7 Å². The van der Waals surface area contributed by atoms with Gasteiger partial charge in [-0.15, -0.1) is 0 Å². The second-order valence-electron chi connectivity index (χ2n) is 4.06. The fraction of sp³-hybridized carbons (Fsp3) is 0.167. The van der Waals surface area contributed by atoms with Crippen molar-refractivity contribution in [1.82, 2.24) is 0 Å². The quantitative estimate of drug-likeness (QED) is 0.907. The molecule has 2 N–H and O–H groups in total. The van der Waals surface area contributed by atoms with Crippen molar-refractivity contribution in [3.63, 3.8) is 0 Å². The number of furan rings is 1. The van der Waals surface area contributed by atoms with Crippen LogP contribution >= 0.6 is 0 Å². The summed E-state index contributed by atoms with van der Waals surface area (Å²) >= 11 is 0. The van der Waals surface area contributed by atoms with E-state index in [0.717, 1.165) is 30.3 Å². The molecule has 21 heavy (non-hydrogen) atoms. The van der Waals surface area contributed by atoms with Crippen LogP contribution in [0.2, 0.25) is 0 Å². The normalized spacial score (nSPS) is 12.4. The number of hydrogen-bond donors (Lipinski definition) is 2. The summed E-state index contributed by atoms with van der Waals surface area (Å²) in [5.41, 5.74) is -0.920. The minimum atomic E-state index is -4.49. The standard InChI is InChI=1S/C12H10F3NO4S/c13-12(14,15)8-1-3-9(4-2-8)16-21(18,19)11-6-5-10(7-17)20-11/h1-6,16-17H,7H2. The molecule has 0 saturated heterocycles. The Morgan fingerprint density at radius 1 is 1.10 bits per heavy atom. The third-order valence-corrected chi connectivity index (χ3v) is 3.78. The molecule has 2 aromatic rings. The van der Waals surface area contributed by atoms with Crippen molar-refractivity contribution in [2.45, 2.75) is 17.9 Å². The summed E-state index contributed by atoms with van der Waals surface area (Å²) in [6.07, 6.45) is -4.49. The van der Waals surface area contributed by atoms with Crippen LogP contribution in [0.15, 0.2) is 45.9 Å². The van der Waals surface area contributed by atoms with Crippen LogP contribution in [-0.2, 0) is 22.8 Å². The highest BCUT2D eigenvalue weighted by Crippen LogP contribution is 2.30. The van der Waals surface area contributed by atoms with Crippen LogP contribution in [0.5, 0.6) is 0 Å². The second-order valence-corrected chi connectivity index (χ2v) is 5.67. The third kappa shape index (κ3) is 3.56. The van der Waals surface area contributed by atoms with Crippen LogP contribution in [0, 0.1) is 0 Å². The van der Waals surface area contributed by atoms with Crippen LogP contribution in [0.25, 0.3) is 0 Å². The third-order valence-electron chi connectivity index (χ3n) is 2.52. The average Bonchev–Trinajstić information content (AvgIpc) is 2.87. The summed E-state index contributed by atoms with van der Waals surface area (Å²) in [4.78, 5) is 0. The van der Waals surface area contributed by atoms with Crippen LogP contribution < -0.4 is 4.72 Å². The van der Waals surface area contributed by atoms with Gasteiger partial charge in [0, 0.05) is 5.69 Å². The molecule has 2 rings (SSSR count). The number of nitrogens with one attached hydrogen (secondary N) is 1. The molecule has 1 aromatic heterocycles. The van der Waals surface area contributed by atoms with Gasteiger partial charge in [0.25, 0.3) is 10.0 Å². The van der Waals surface area contributed by atoms with E-state index in [4.69, 9.17) is 9.52 Å². The molecule has 1 heterocycles. The molecular weight excluding hydrogens is 311 g/mol. The molecule has 0 radical (unpaired) electrons. The van der Waals surface area contributed by atoms with Crippen molar-refractivity contribution in [2.75, 3.05) is 4.72 Å². The number of halogens is 3. The van der Waals surface area contributed by atoms with Gasteiger partial charge in [-0.25, -0.2) is 0 Å². The van der Waals surface area contributed by atoms with E-state index >= 15 is 0 Å². The summed E-state index contributed by atoms with van der Waals surface area (Å²) in [5, 5.41) is 8.36. The Balaban J connectivity index is 2.21. The molecular formula is C12H10F3NO4S. The predicted octanol–water partition coefficient (Wildman–Crippen LogP) is 2.59. The van der Waals surface area contributed by atoms with Crippen molar-refractivity contribution in [2.24, 2.45) is 0 Å². The highest BCUT2D eigenvalue weighted by atomic mass is 32.2. The van der Waals surface area contributed by atoms with Gasteiger partial charge in [-0.2, -0.15) is 21.6 Å². The van der Waals surface area contributed by atoms with Crippen molar-refractivity contribution >= 4 is 15.7 Å². The van der Waals surface area contributed by atoms with Gasteiger partial charge < -0.3 is 9.52 Å². The first-order valence-electron chi connectivity index (χ1n) is 5.62. The fourth-order valence-corrected chi connectivity index (χ4v) is 2.53. The first-order valence-corrected chi connectivity index (χ1v) is 7.10. The van der Waals surface area contributed by atoms with Gasteiger partial charge in [0.1, 0.15) is 12.4 Å². The SMILES string of the molecule is O=S(=O)(Nc1ccc(C(F)(F)F)cc1)c1ccc(CO)o1. The topological polar surface area (TPSA) is 79.5 Å². The van der Waals surface area contributed by atoms with Crippen molar-refractivity contribution in [3.8, 4) is 0 Å². The maximum atomic E-state index is 12.4. The molecule has 0 atom stereocenters. The van der Waals surface area contributed by atoms with E-state index in [-0.39, 0.29) is 11.4 Å². The maximum Gasteiger partial charge on any atom is 0.416 e. The van der Waals surface area contributed by atoms with E-state index in [1.165, 1.54) is 6.07 Å². The molecule has 0 amide bonds. The zero-order valence-electron chi connectivity index (χ0n) is 10.4. The lowest BCUT2D eigenvalue weighted by Gasteiger charge is -2.09. The van der Waals surface area contributed by atoms with Gasteiger partial charge >= 0.3 is 6.18 Å². The Morgan fingerprint density at radius 3 is 2.19 bits per heavy atom. The first-order chi connectivity index (χ1) is 9.72. The van der Waals surface area contributed by atoms with E-state index in [1.807, 2.05) is 0 Å². The monoisotopic (exact) mass is 321 g/mol. The Morgan fingerprint density at radius 2 is 1.71 bits per heavy atom. The lowest BCUT2D eigenvalue weighted by Crippen LogP contribution is -2.12. The zero-order valence-corrected chi connectivity index (χ0v) is 11.2. The first kappa shape index (κ1) is 15.4. The predicted molar refractivity (Wildman–Crippen MR) is 66.9 cm³/mol.